The summed E-state index contributed by atoms with van der Waals surface area (Å²) in [5.41, 5.74) is 3.16. The zero-order valence-electron chi connectivity index (χ0n) is 12.6. The number of rotatable bonds is 2. The van der Waals surface area contributed by atoms with E-state index in [9.17, 15) is 9.18 Å². The van der Waals surface area contributed by atoms with Crippen LogP contribution in [-0.4, -0.2) is 32.3 Å². The van der Waals surface area contributed by atoms with E-state index in [0.717, 1.165) is 17.5 Å². The Morgan fingerprint density at radius 2 is 2.00 bits per heavy atom. The van der Waals surface area contributed by atoms with E-state index in [1.54, 1.807) is 28.9 Å². The van der Waals surface area contributed by atoms with Gasteiger partial charge >= 0.3 is 0 Å². The molecular formula is C17H15FN4O. The summed E-state index contributed by atoms with van der Waals surface area (Å²) in [5, 5.41) is 8.00. The molecule has 4 rings (SSSR count). The lowest BCUT2D eigenvalue weighted by molar-refractivity contribution is 0.0460. The van der Waals surface area contributed by atoms with Crippen LogP contribution in [0.25, 0.3) is 11.0 Å². The highest BCUT2D eigenvalue weighted by atomic mass is 19.1. The summed E-state index contributed by atoms with van der Waals surface area (Å²) in [4.78, 5) is 14.5. The Bertz CT molecular complexity index is 887. The molecule has 1 amide bonds. The maximum Gasteiger partial charge on any atom is 0.254 e. The second-order valence-electron chi connectivity index (χ2n) is 5.77. The van der Waals surface area contributed by atoms with E-state index in [1.807, 2.05) is 18.0 Å². The van der Waals surface area contributed by atoms with E-state index in [2.05, 4.69) is 10.3 Å². The lowest BCUT2D eigenvalue weighted by atomic mass is 9.93. The average molecular weight is 310 g/mol. The van der Waals surface area contributed by atoms with Crippen LogP contribution in [0.3, 0.4) is 0 Å². The van der Waals surface area contributed by atoms with Crippen LogP contribution in [0.15, 0.2) is 42.5 Å². The van der Waals surface area contributed by atoms with Crippen molar-refractivity contribution in [3.63, 3.8) is 0 Å². The molecule has 0 aliphatic carbocycles. The van der Waals surface area contributed by atoms with Gasteiger partial charge in [0.25, 0.3) is 5.91 Å². The highest BCUT2D eigenvalue weighted by Crippen LogP contribution is 2.34. The molecule has 6 heteroatoms. The summed E-state index contributed by atoms with van der Waals surface area (Å²) >= 11 is 0. The molecule has 1 aromatic heterocycles. The van der Waals surface area contributed by atoms with Crippen molar-refractivity contribution in [3.8, 4) is 0 Å². The monoisotopic (exact) mass is 310 g/mol. The molecule has 23 heavy (non-hydrogen) atoms. The number of hydrogen-bond donors (Lipinski definition) is 0. The maximum atomic E-state index is 13.0. The van der Waals surface area contributed by atoms with E-state index >= 15 is 0 Å². The molecule has 0 spiro atoms. The van der Waals surface area contributed by atoms with Gasteiger partial charge in [-0.15, -0.1) is 5.10 Å². The number of aryl methyl sites for hydroxylation is 1. The van der Waals surface area contributed by atoms with Crippen molar-refractivity contribution in [1.29, 1.82) is 0 Å². The number of likely N-dealkylation sites (tertiary alicyclic amines) is 1. The van der Waals surface area contributed by atoms with Gasteiger partial charge in [0.1, 0.15) is 11.3 Å². The smallest absolute Gasteiger partial charge is 0.254 e. The first-order chi connectivity index (χ1) is 11.1. The Morgan fingerprint density at radius 3 is 2.70 bits per heavy atom. The molecule has 1 saturated heterocycles. The third-order valence-electron chi connectivity index (χ3n) is 4.39. The molecule has 1 aliphatic rings. The van der Waals surface area contributed by atoms with Gasteiger partial charge in [-0.3, -0.25) is 4.79 Å². The Morgan fingerprint density at radius 1 is 1.22 bits per heavy atom. The normalized spacial score (nSPS) is 17.3. The van der Waals surface area contributed by atoms with Crippen LogP contribution < -0.4 is 0 Å². The lowest BCUT2D eigenvalue weighted by Gasteiger charge is -2.41. The van der Waals surface area contributed by atoms with E-state index < -0.39 is 0 Å². The van der Waals surface area contributed by atoms with Crippen molar-refractivity contribution in [2.75, 3.05) is 6.54 Å². The van der Waals surface area contributed by atoms with Crippen LogP contribution >= 0.6 is 0 Å². The number of carbonyl (C=O) groups is 1. The zero-order chi connectivity index (χ0) is 16.0. The molecule has 1 atom stereocenters. The zero-order valence-corrected chi connectivity index (χ0v) is 12.6. The summed E-state index contributed by atoms with van der Waals surface area (Å²) in [6, 6.07) is 11.8. The Hall–Kier alpha value is -2.76. The summed E-state index contributed by atoms with van der Waals surface area (Å²) in [5.74, 6) is -0.294. The standard InChI is InChI=1S/C17H15FN4O/c1-21-16-7-4-12(10-14(16)19-20-21)17(23)22-9-8-15(22)11-2-5-13(18)6-3-11/h2-7,10,15H,8-9H2,1H3/t15-/m1/s1. The molecule has 0 N–H and O–H groups in total. The highest BCUT2D eigenvalue weighted by molar-refractivity contribution is 5.98. The van der Waals surface area contributed by atoms with Crippen LogP contribution in [-0.2, 0) is 7.05 Å². The van der Waals surface area contributed by atoms with E-state index in [0.29, 0.717) is 17.6 Å². The Labute approximate surface area is 132 Å². The number of hydrogen-bond acceptors (Lipinski definition) is 3. The number of halogens is 1. The van der Waals surface area contributed by atoms with Gasteiger partial charge in [-0.2, -0.15) is 0 Å². The minimum absolute atomic E-state index is 0.0145. The fourth-order valence-corrected chi connectivity index (χ4v) is 3.00. The van der Waals surface area contributed by atoms with Crippen LogP contribution in [0.1, 0.15) is 28.4 Å². The third-order valence-corrected chi connectivity index (χ3v) is 4.39. The summed E-state index contributed by atoms with van der Waals surface area (Å²) in [6.07, 6.45) is 0.894. The summed E-state index contributed by atoms with van der Waals surface area (Å²) in [7, 11) is 1.82. The first-order valence-corrected chi connectivity index (χ1v) is 7.49. The number of aromatic nitrogens is 3. The quantitative estimate of drug-likeness (QED) is 0.731. The predicted octanol–water partition coefficient (Wildman–Crippen LogP) is 2.69. The Balaban J connectivity index is 1.61. The molecular weight excluding hydrogens is 295 g/mol. The van der Waals surface area contributed by atoms with Crippen molar-refractivity contribution in [2.24, 2.45) is 7.05 Å². The van der Waals surface area contributed by atoms with Crippen molar-refractivity contribution >= 4 is 16.9 Å². The van der Waals surface area contributed by atoms with Gasteiger partial charge in [0.2, 0.25) is 0 Å². The average Bonchev–Trinajstić information content (AvgIpc) is 2.89. The van der Waals surface area contributed by atoms with Crippen LogP contribution in [0.4, 0.5) is 4.39 Å². The molecule has 0 unspecified atom stereocenters. The van der Waals surface area contributed by atoms with Gasteiger partial charge in [-0.25, -0.2) is 9.07 Å². The largest absolute Gasteiger partial charge is 0.331 e. The van der Waals surface area contributed by atoms with Gasteiger partial charge in [0, 0.05) is 19.2 Å². The second kappa shape index (κ2) is 5.15. The molecule has 1 fully saturated rings. The van der Waals surface area contributed by atoms with Crippen LogP contribution in [0.2, 0.25) is 0 Å². The SMILES string of the molecule is Cn1nnc2cc(C(=O)N3CC[C@@H]3c3ccc(F)cc3)ccc21. The van der Waals surface area contributed by atoms with E-state index in [4.69, 9.17) is 0 Å². The number of carbonyl (C=O) groups excluding carboxylic acids is 1. The molecule has 116 valence electrons. The van der Waals surface area contributed by atoms with Gasteiger partial charge in [0.05, 0.1) is 11.6 Å². The minimum Gasteiger partial charge on any atom is -0.331 e. The molecule has 0 bridgehead atoms. The predicted molar refractivity (Wildman–Crippen MR) is 83.3 cm³/mol. The molecule has 0 radical (unpaired) electrons. The van der Waals surface area contributed by atoms with Gasteiger partial charge in [0.15, 0.2) is 0 Å². The number of fused-ring (bicyclic) bond motifs is 1. The van der Waals surface area contributed by atoms with Gasteiger partial charge < -0.3 is 4.90 Å². The lowest BCUT2D eigenvalue weighted by Crippen LogP contribution is -2.45. The van der Waals surface area contributed by atoms with Crippen LogP contribution in [0.5, 0.6) is 0 Å². The minimum atomic E-state index is -0.265. The first-order valence-electron chi connectivity index (χ1n) is 7.49. The molecule has 2 heterocycles. The third kappa shape index (κ3) is 2.27. The second-order valence-corrected chi connectivity index (χ2v) is 5.77. The van der Waals surface area contributed by atoms with E-state index in [-0.39, 0.29) is 17.8 Å². The first kappa shape index (κ1) is 13.9. The fourth-order valence-electron chi connectivity index (χ4n) is 3.00. The van der Waals surface area contributed by atoms with E-state index in [1.165, 1.54) is 12.1 Å². The van der Waals surface area contributed by atoms with Crippen LogP contribution in [0, 0.1) is 5.82 Å². The van der Waals surface area contributed by atoms with Gasteiger partial charge in [-0.05, 0) is 42.3 Å². The number of benzene rings is 2. The number of nitrogens with zero attached hydrogens (tertiary/aromatic N) is 4. The maximum absolute atomic E-state index is 13.0. The number of amides is 1. The van der Waals surface area contributed by atoms with Crippen molar-refractivity contribution in [3.05, 3.63) is 59.4 Å². The fraction of sp³-hybridized carbons (Fsp3) is 0.235. The molecule has 1 aliphatic heterocycles. The molecule has 5 nitrogen and oxygen atoms in total. The summed E-state index contributed by atoms with van der Waals surface area (Å²) in [6.45, 7) is 0.708. The molecule has 3 aromatic rings. The van der Waals surface area contributed by atoms with Crippen molar-refractivity contribution in [1.82, 2.24) is 19.9 Å². The topological polar surface area (TPSA) is 51.0 Å². The molecule has 0 saturated carbocycles. The Kier molecular flexibility index (Phi) is 3.11. The molecule has 2 aromatic carbocycles. The van der Waals surface area contributed by atoms with Crippen molar-refractivity contribution < 1.29 is 9.18 Å². The van der Waals surface area contributed by atoms with Crippen molar-refractivity contribution in [2.45, 2.75) is 12.5 Å². The highest BCUT2D eigenvalue weighted by Gasteiger charge is 2.33. The van der Waals surface area contributed by atoms with Gasteiger partial charge in [-0.1, -0.05) is 17.3 Å². The summed E-state index contributed by atoms with van der Waals surface area (Å²) < 4.78 is 14.7.